The number of rotatable bonds is 4. The second-order valence-corrected chi connectivity index (χ2v) is 5.34. The highest BCUT2D eigenvalue weighted by molar-refractivity contribution is 5.85. The highest BCUT2D eigenvalue weighted by atomic mass is 16.3. The number of hydrogen-bond donors (Lipinski definition) is 3. The van der Waals surface area contributed by atoms with Crippen LogP contribution in [0.3, 0.4) is 0 Å². The summed E-state index contributed by atoms with van der Waals surface area (Å²) in [5, 5.41) is 13.5. The first kappa shape index (κ1) is 13.6. The summed E-state index contributed by atoms with van der Waals surface area (Å²) in [5.74, 6) is -0.343. The Bertz CT molecular complexity index is 594. The Kier molecular flexibility index (Phi) is 3.62. The van der Waals surface area contributed by atoms with Crippen LogP contribution in [0, 0.1) is 6.92 Å². The molecule has 0 saturated heterocycles. The average molecular weight is 260 g/mol. The average Bonchev–Trinajstić information content (AvgIpc) is 2.64. The molecule has 0 saturated carbocycles. The van der Waals surface area contributed by atoms with Gasteiger partial charge in [0, 0.05) is 23.1 Å². The Morgan fingerprint density at radius 1 is 1.37 bits per heavy atom. The maximum Gasteiger partial charge on any atom is 0.251 e. The number of hydrogen-bond acceptors (Lipinski definition) is 2. The van der Waals surface area contributed by atoms with Crippen molar-refractivity contribution in [2.24, 2.45) is 0 Å². The molecule has 4 nitrogen and oxygen atoms in total. The van der Waals surface area contributed by atoms with E-state index in [1.807, 2.05) is 25.1 Å². The van der Waals surface area contributed by atoms with Gasteiger partial charge in [-0.05, 0) is 38.8 Å². The molecule has 0 bridgehead atoms. The van der Waals surface area contributed by atoms with Gasteiger partial charge in [-0.3, -0.25) is 4.79 Å². The maximum atomic E-state index is 11.6. The van der Waals surface area contributed by atoms with Crippen LogP contribution in [0.4, 0.5) is 0 Å². The van der Waals surface area contributed by atoms with Crippen LogP contribution in [0.2, 0.25) is 0 Å². The van der Waals surface area contributed by atoms with E-state index in [4.69, 9.17) is 0 Å². The zero-order valence-electron chi connectivity index (χ0n) is 11.6. The van der Waals surface area contributed by atoms with Gasteiger partial charge in [0.25, 0.3) is 5.91 Å². The number of nitrogens with one attached hydrogen (secondary N) is 2. The van der Waals surface area contributed by atoms with Crippen LogP contribution in [-0.2, 0) is 11.2 Å². The van der Waals surface area contributed by atoms with Gasteiger partial charge < -0.3 is 15.4 Å². The first-order valence-electron chi connectivity index (χ1n) is 6.46. The number of carbonyl (C=O) groups is 1. The first-order valence-corrected chi connectivity index (χ1v) is 6.46. The van der Waals surface area contributed by atoms with E-state index in [9.17, 15) is 9.90 Å². The number of carbonyl (C=O) groups excluding carboxylic acids is 1. The lowest BCUT2D eigenvalue weighted by Crippen LogP contribution is -2.42. The fraction of sp³-hybridized carbons (Fsp3) is 0.400. The first-order chi connectivity index (χ1) is 8.89. The number of benzene rings is 1. The minimum atomic E-state index is -1.32. The van der Waals surface area contributed by atoms with Crippen molar-refractivity contribution in [2.45, 2.75) is 32.8 Å². The number of para-hydroxylation sites is 1. The van der Waals surface area contributed by atoms with Crippen LogP contribution in [0.1, 0.15) is 25.1 Å². The summed E-state index contributed by atoms with van der Waals surface area (Å²) in [4.78, 5) is 14.9. The monoisotopic (exact) mass is 260 g/mol. The highest BCUT2D eigenvalue weighted by Crippen LogP contribution is 2.21. The van der Waals surface area contributed by atoms with Crippen molar-refractivity contribution in [1.29, 1.82) is 0 Å². The quantitative estimate of drug-likeness (QED) is 0.786. The van der Waals surface area contributed by atoms with E-state index in [-0.39, 0.29) is 5.91 Å². The molecule has 1 heterocycles. The molecule has 4 heteroatoms. The van der Waals surface area contributed by atoms with E-state index in [2.05, 4.69) is 16.4 Å². The van der Waals surface area contributed by atoms with E-state index >= 15 is 0 Å². The number of aromatic nitrogens is 1. The number of aliphatic hydroxyl groups is 1. The molecule has 0 atom stereocenters. The summed E-state index contributed by atoms with van der Waals surface area (Å²) < 4.78 is 0. The Balaban J connectivity index is 2.06. The summed E-state index contributed by atoms with van der Waals surface area (Å²) in [6.45, 7) is 5.52. The molecule has 0 spiro atoms. The molecule has 2 rings (SSSR count). The summed E-state index contributed by atoms with van der Waals surface area (Å²) >= 11 is 0. The molecule has 102 valence electrons. The summed E-state index contributed by atoms with van der Waals surface area (Å²) in [6, 6.07) is 8.12. The van der Waals surface area contributed by atoms with E-state index in [0.29, 0.717) is 6.54 Å². The van der Waals surface area contributed by atoms with Crippen molar-refractivity contribution in [3.63, 3.8) is 0 Å². The van der Waals surface area contributed by atoms with Crippen molar-refractivity contribution in [3.8, 4) is 0 Å². The summed E-state index contributed by atoms with van der Waals surface area (Å²) in [5.41, 5.74) is 2.13. The van der Waals surface area contributed by atoms with Gasteiger partial charge in [0.2, 0.25) is 0 Å². The van der Waals surface area contributed by atoms with Crippen LogP contribution in [-0.4, -0.2) is 28.1 Å². The fourth-order valence-electron chi connectivity index (χ4n) is 2.17. The van der Waals surface area contributed by atoms with Gasteiger partial charge in [-0.2, -0.15) is 0 Å². The van der Waals surface area contributed by atoms with E-state index in [0.717, 1.165) is 17.6 Å². The molecular formula is C15H20N2O2. The van der Waals surface area contributed by atoms with Gasteiger partial charge in [0.05, 0.1) is 0 Å². The highest BCUT2D eigenvalue weighted by Gasteiger charge is 2.23. The minimum Gasteiger partial charge on any atom is -0.381 e. The third kappa shape index (κ3) is 2.96. The van der Waals surface area contributed by atoms with Gasteiger partial charge >= 0.3 is 0 Å². The third-order valence-electron chi connectivity index (χ3n) is 3.24. The predicted molar refractivity (Wildman–Crippen MR) is 76.0 cm³/mol. The fourth-order valence-corrected chi connectivity index (χ4v) is 2.17. The third-order valence-corrected chi connectivity index (χ3v) is 3.24. The molecule has 2 aromatic rings. The maximum absolute atomic E-state index is 11.6. The topological polar surface area (TPSA) is 65.1 Å². The van der Waals surface area contributed by atoms with Crippen LogP contribution in [0.15, 0.2) is 24.3 Å². The number of fused-ring (bicyclic) bond motifs is 1. The number of H-pyrrole nitrogens is 1. The van der Waals surface area contributed by atoms with Crippen molar-refractivity contribution in [1.82, 2.24) is 10.3 Å². The molecule has 0 aliphatic heterocycles. The van der Waals surface area contributed by atoms with Crippen molar-refractivity contribution in [2.75, 3.05) is 6.54 Å². The standard InChI is InChI=1S/C15H20N2O2/c1-10-11(8-9-16-14(18)15(2,3)19)12-6-4-5-7-13(12)17-10/h4-7,17,19H,8-9H2,1-3H3,(H,16,18). The summed E-state index contributed by atoms with van der Waals surface area (Å²) in [7, 11) is 0. The molecule has 0 fully saturated rings. The molecule has 1 aromatic carbocycles. The van der Waals surface area contributed by atoms with Crippen molar-refractivity contribution >= 4 is 16.8 Å². The van der Waals surface area contributed by atoms with Crippen LogP contribution >= 0.6 is 0 Å². The smallest absolute Gasteiger partial charge is 0.251 e. The molecule has 0 unspecified atom stereocenters. The molecule has 19 heavy (non-hydrogen) atoms. The normalized spacial score (nSPS) is 11.8. The second-order valence-electron chi connectivity index (χ2n) is 5.34. The van der Waals surface area contributed by atoms with Gasteiger partial charge in [0.1, 0.15) is 5.60 Å². The molecule has 1 aromatic heterocycles. The Labute approximate surface area is 112 Å². The Hall–Kier alpha value is -1.81. The zero-order chi connectivity index (χ0) is 14.0. The molecule has 3 N–H and O–H groups in total. The predicted octanol–water partition coefficient (Wildman–Crippen LogP) is 1.91. The lowest BCUT2D eigenvalue weighted by molar-refractivity contribution is -0.136. The SMILES string of the molecule is Cc1[nH]c2ccccc2c1CCNC(=O)C(C)(C)O. The van der Waals surface area contributed by atoms with Crippen LogP contribution < -0.4 is 5.32 Å². The van der Waals surface area contributed by atoms with Gasteiger partial charge in [-0.25, -0.2) is 0 Å². The second kappa shape index (κ2) is 5.05. The molecule has 0 radical (unpaired) electrons. The lowest BCUT2D eigenvalue weighted by Gasteiger charge is -2.16. The van der Waals surface area contributed by atoms with Crippen LogP contribution in [0.5, 0.6) is 0 Å². The Morgan fingerprint density at radius 2 is 2.05 bits per heavy atom. The number of aryl methyl sites for hydroxylation is 1. The molecular weight excluding hydrogens is 240 g/mol. The summed E-state index contributed by atoms with van der Waals surface area (Å²) in [6.07, 6.45) is 0.748. The molecule has 0 aliphatic carbocycles. The number of aromatic amines is 1. The molecule has 0 aliphatic rings. The Morgan fingerprint density at radius 3 is 2.74 bits per heavy atom. The van der Waals surface area contributed by atoms with Gasteiger partial charge in [-0.15, -0.1) is 0 Å². The van der Waals surface area contributed by atoms with Gasteiger partial charge in [-0.1, -0.05) is 18.2 Å². The molecule has 1 amide bonds. The van der Waals surface area contributed by atoms with Crippen molar-refractivity contribution in [3.05, 3.63) is 35.5 Å². The van der Waals surface area contributed by atoms with Gasteiger partial charge in [0.15, 0.2) is 0 Å². The van der Waals surface area contributed by atoms with E-state index in [1.54, 1.807) is 0 Å². The minimum absolute atomic E-state index is 0.343. The van der Waals surface area contributed by atoms with E-state index < -0.39 is 5.60 Å². The van der Waals surface area contributed by atoms with E-state index in [1.165, 1.54) is 24.8 Å². The number of amides is 1. The largest absolute Gasteiger partial charge is 0.381 e. The zero-order valence-corrected chi connectivity index (χ0v) is 11.6. The van der Waals surface area contributed by atoms with Crippen LogP contribution in [0.25, 0.3) is 10.9 Å². The lowest BCUT2D eigenvalue weighted by atomic mass is 10.1. The van der Waals surface area contributed by atoms with Crippen molar-refractivity contribution < 1.29 is 9.90 Å².